The number of hydrogen-bond donors (Lipinski definition) is 13. The second-order valence-electron chi connectivity index (χ2n) is 20.6. The van der Waals surface area contributed by atoms with E-state index in [1.165, 1.54) is 72.2 Å². The molecule has 0 radical (unpaired) electrons. The number of aliphatic hydroxyl groups excluding tert-OH is 1. The van der Waals surface area contributed by atoms with Crippen molar-refractivity contribution < 1.29 is 55.4 Å². The summed E-state index contributed by atoms with van der Waals surface area (Å²) in [7, 11) is -2.67. The van der Waals surface area contributed by atoms with Gasteiger partial charge in [-0.25, -0.2) is 35.9 Å². The van der Waals surface area contributed by atoms with Crippen LogP contribution in [0.25, 0.3) is 0 Å². The maximum absolute atomic E-state index is 13.3. The molecule has 0 heterocycles. The topological polar surface area (TPSA) is 365 Å². The van der Waals surface area contributed by atoms with Gasteiger partial charge in [-0.3, -0.25) is 19.7 Å². The molecular weight excluding hydrogens is 1230 g/mol. The highest BCUT2D eigenvalue weighted by Crippen LogP contribution is 2.34. The molecule has 2 aliphatic rings. The van der Waals surface area contributed by atoms with Gasteiger partial charge in [0.2, 0.25) is 5.91 Å². The van der Waals surface area contributed by atoms with E-state index < -0.39 is 68.1 Å². The van der Waals surface area contributed by atoms with Gasteiger partial charge in [-0.05, 0) is 98.2 Å². The van der Waals surface area contributed by atoms with Crippen LogP contribution in [-0.4, -0.2) is 147 Å². The molecule has 4 aromatic carbocycles. The lowest BCUT2D eigenvalue weighted by atomic mass is 9.96. The van der Waals surface area contributed by atoms with Crippen LogP contribution in [0.3, 0.4) is 0 Å². The van der Waals surface area contributed by atoms with Crippen molar-refractivity contribution in [1.82, 2.24) is 41.3 Å². The third-order valence-electron chi connectivity index (χ3n) is 14.1. The fourth-order valence-corrected chi connectivity index (χ4v) is 14.1. The first-order valence-corrected chi connectivity index (χ1v) is 34.5. The number of hydrogen-bond acceptors (Lipinski definition) is 19. The molecule has 4 aromatic rings. The molecule has 0 aromatic heterocycles. The maximum atomic E-state index is 13.3. The molecule has 2 saturated carbocycles. The Kier molecular flexibility index (Phi) is 27.8. The molecule has 15 N–H and O–H groups in total. The van der Waals surface area contributed by atoms with E-state index in [0.29, 0.717) is 30.0 Å². The molecule has 472 valence electrons. The van der Waals surface area contributed by atoms with Crippen molar-refractivity contribution in [2.45, 2.75) is 117 Å². The number of methoxy groups -OCH3 is 2. The van der Waals surface area contributed by atoms with Gasteiger partial charge in [-0.2, -0.15) is 0 Å². The standard InChI is InChI=1S/C56H78Cl2N12O12S4/c1-81-49-43(51(71)63-23-21-35-13-17-41(18-14-35)85(77,78)69-55(75)67-39-9-5-3-6-10-39)29-37(57)31-47(49)61-25-27-65-53(73)45(59)33-83-84-34-46(60)54(74)66-28-26-62-48-32-38(58)30-44(50(48)82-2)52(72)64-24-22-36-15-19-42(20-16-36)86(79,80)70-56(76)68-40-11-7-4-8-12-40/h13-20,29-32,39-40,45-46,53,61-62,65,73H,3-12,21-28,33-34,59-60H2,1-2H3,(H,63,71)(H,64,72)(H,66,74)(H2,67,69,75)(H2,68,70,76). The zero-order valence-corrected chi connectivity index (χ0v) is 52.7. The summed E-state index contributed by atoms with van der Waals surface area (Å²) in [5.74, 6) is -0.271. The average Bonchev–Trinajstić information content (AvgIpc) is 1.96. The highest BCUT2D eigenvalue weighted by Gasteiger charge is 2.25. The number of nitrogens with two attached hydrogens (primary N) is 2. The minimum Gasteiger partial charge on any atom is -0.494 e. The van der Waals surface area contributed by atoms with Crippen molar-refractivity contribution in [2.24, 2.45) is 11.5 Å². The smallest absolute Gasteiger partial charge is 0.328 e. The van der Waals surface area contributed by atoms with E-state index in [1.54, 1.807) is 36.4 Å². The van der Waals surface area contributed by atoms with Gasteiger partial charge in [0.15, 0.2) is 11.5 Å². The summed E-state index contributed by atoms with van der Waals surface area (Å²) in [5.41, 5.74) is 15.1. The van der Waals surface area contributed by atoms with Crippen molar-refractivity contribution in [3.05, 3.63) is 105 Å². The largest absolute Gasteiger partial charge is 0.494 e. The number of carbonyl (C=O) groups is 5. The Labute approximate surface area is 520 Å². The van der Waals surface area contributed by atoms with Crippen LogP contribution in [0, 0.1) is 0 Å². The third-order valence-corrected chi connectivity index (χ3v) is 19.7. The van der Waals surface area contributed by atoms with Crippen molar-refractivity contribution in [3.63, 3.8) is 0 Å². The Morgan fingerprint density at radius 3 is 1.43 bits per heavy atom. The van der Waals surface area contributed by atoms with Gasteiger partial charge in [0.25, 0.3) is 31.9 Å². The van der Waals surface area contributed by atoms with Gasteiger partial charge in [0.05, 0.1) is 58.6 Å². The first kappa shape index (κ1) is 69.2. The summed E-state index contributed by atoms with van der Waals surface area (Å²) in [4.78, 5) is 64.2. The molecule has 2 fully saturated rings. The summed E-state index contributed by atoms with van der Waals surface area (Å²) < 4.78 is 66.6. The highest BCUT2D eigenvalue weighted by molar-refractivity contribution is 8.76. The zero-order valence-electron chi connectivity index (χ0n) is 47.9. The Hall–Kier alpha value is -5.95. The monoisotopic (exact) mass is 1310 g/mol. The Morgan fingerprint density at radius 1 is 0.581 bits per heavy atom. The molecule has 7 amide bonds. The minimum absolute atomic E-state index is 0.0482. The summed E-state index contributed by atoms with van der Waals surface area (Å²) in [6.07, 6.45) is 9.08. The van der Waals surface area contributed by atoms with Gasteiger partial charge in [0.1, 0.15) is 6.23 Å². The van der Waals surface area contributed by atoms with E-state index in [9.17, 15) is 45.9 Å². The number of ether oxygens (including phenoxy) is 2. The molecular formula is C56H78Cl2N12O12S4. The van der Waals surface area contributed by atoms with Crippen molar-refractivity contribution in [3.8, 4) is 11.5 Å². The number of carbonyl (C=O) groups excluding carboxylic acids is 5. The first-order valence-electron chi connectivity index (χ1n) is 28.2. The average molecular weight is 1310 g/mol. The molecule has 6 rings (SSSR count). The van der Waals surface area contributed by atoms with Crippen molar-refractivity contribution in [2.75, 3.05) is 75.6 Å². The van der Waals surface area contributed by atoms with Crippen LogP contribution in [0.15, 0.2) is 82.6 Å². The molecule has 3 atom stereocenters. The number of sulfonamides is 2. The number of anilines is 2. The number of benzene rings is 4. The van der Waals surface area contributed by atoms with Crippen molar-refractivity contribution in [1.29, 1.82) is 0 Å². The molecule has 0 bridgehead atoms. The molecule has 30 heteroatoms. The van der Waals surface area contributed by atoms with Gasteiger partial charge < -0.3 is 63.3 Å². The summed E-state index contributed by atoms with van der Waals surface area (Å²) in [6, 6.07) is 15.1. The summed E-state index contributed by atoms with van der Waals surface area (Å²) in [6.45, 7) is 1.34. The van der Waals surface area contributed by atoms with Crippen LogP contribution >= 0.6 is 44.8 Å². The van der Waals surface area contributed by atoms with Crippen molar-refractivity contribution >= 4 is 106 Å². The molecule has 2 aliphatic carbocycles. The Morgan fingerprint density at radius 2 is 1.00 bits per heavy atom. The van der Waals surface area contributed by atoms with E-state index in [4.69, 9.17) is 44.1 Å². The molecule has 3 unspecified atom stereocenters. The zero-order chi connectivity index (χ0) is 62.2. The summed E-state index contributed by atoms with van der Waals surface area (Å²) in [5, 5.41) is 34.5. The number of urea groups is 2. The summed E-state index contributed by atoms with van der Waals surface area (Å²) >= 11 is 12.8. The number of aliphatic hydroxyl groups is 1. The lowest BCUT2D eigenvalue weighted by Gasteiger charge is -2.22. The van der Waals surface area contributed by atoms with E-state index in [1.807, 2.05) is 0 Å². The van der Waals surface area contributed by atoms with E-state index >= 15 is 0 Å². The molecule has 0 saturated heterocycles. The van der Waals surface area contributed by atoms with E-state index in [2.05, 4.69) is 52.0 Å². The third kappa shape index (κ3) is 22.0. The molecule has 24 nitrogen and oxygen atoms in total. The molecule has 0 aliphatic heterocycles. The maximum Gasteiger partial charge on any atom is 0.328 e. The van der Waals surface area contributed by atoms with Crippen LogP contribution < -0.4 is 72.9 Å². The number of halogens is 2. The van der Waals surface area contributed by atoms with E-state index in [0.717, 1.165) is 75.3 Å². The second-order valence-corrected chi connectivity index (χ2v) is 27.4. The van der Waals surface area contributed by atoms with Crippen LogP contribution in [0.4, 0.5) is 21.0 Å². The first-order chi connectivity index (χ1) is 41.2. The fraction of sp³-hybridized carbons (Fsp3) is 0.482. The van der Waals surface area contributed by atoms with Crippen LogP contribution in [0.1, 0.15) is 96.1 Å². The van der Waals surface area contributed by atoms with Gasteiger partial charge in [-0.15, -0.1) is 0 Å². The van der Waals surface area contributed by atoms with Gasteiger partial charge in [0, 0.05) is 72.9 Å². The highest BCUT2D eigenvalue weighted by atomic mass is 35.5. The second kappa shape index (κ2) is 34.6. The predicted octanol–water partition coefficient (Wildman–Crippen LogP) is 5.18. The molecule has 0 spiro atoms. The quantitative estimate of drug-likeness (QED) is 0.0170. The minimum atomic E-state index is -4.09. The number of rotatable bonds is 32. The molecule has 86 heavy (non-hydrogen) atoms. The predicted molar refractivity (Wildman–Crippen MR) is 337 cm³/mol. The SMILES string of the molecule is COc1c(NCCNC(=O)C(N)CSSCC(N)C(O)NCCNc2cc(Cl)cc(C(=O)NCCc3ccc(S(=O)(=O)NC(=O)NC4CCCCC4)cc3)c2OC)cc(Cl)cc1C(=O)NCCc1ccc(S(=O)(=O)NC(=O)NC2CCCCC2)cc1. The number of nitrogens with one attached hydrogen (secondary N) is 10. The van der Waals surface area contributed by atoms with E-state index in [-0.39, 0.29) is 99.6 Å². The lowest BCUT2D eigenvalue weighted by Crippen LogP contribution is -2.47. The van der Waals surface area contributed by atoms with Crippen LogP contribution in [0.2, 0.25) is 10.0 Å². The van der Waals surface area contributed by atoms with Crippen LogP contribution in [0.5, 0.6) is 11.5 Å². The Bertz CT molecular complexity index is 3140. The normalized spacial score (nSPS) is 15.0. The fourth-order valence-electron chi connectivity index (χ4n) is 9.51. The van der Waals surface area contributed by atoms with Gasteiger partial charge >= 0.3 is 12.1 Å². The lowest BCUT2D eigenvalue weighted by molar-refractivity contribution is -0.121. The van der Waals surface area contributed by atoms with Crippen LogP contribution in [-0.2, 0) is 37.7 Å². The van der Waals surface area contributed by atoms with Gasteiger partial charge in [-0.1, -0.05) is 108 Å². The number of amides is 7. The Balaban J connectivity index is 0.837.